The zero-order chi connectivity index (χ0) is 27.4. The van der Waals surface area contributed by atoms with E-state index in [1.807, 2.05) is 12.1 Å². The van der Waals surface area contributed by atoms with Crippen molar-refractivity contribution >= 4 is 32.5 Å². The number of nitrogens with one attached hydrogen (secondary N) is 1. The van der Waals surface area contributed by atoms with Gasteiger partial charge in [0, 0.05) is 56.1 Å². The first-order valence-corrected chi connectivity index (χ1v) is 13.9. The third kappa shape index (κ3) is 5.64. The third-order valence-corrected chi connectivity index (χ3v) is 8.08. The van der Waals surface area contributed by atoms with Gasteiger partial charge in [-0.1, -0.05) is 18.2 Å². The molecule has 0 radical (unpaired) electrons. The molecule has 1 aliphatic rings. The Bertz CT molecular complexity index is 1600. The molecule has 1 N–H and O–H groups in total. The van der Waals surface area contributed by atoms with Crippen LogP contribution in [0.25, 0.3) is 10.9 Å². The average molecular weight is 548 g/mol. The molecule has 10 nitrogen and oxygen atoms in total. The van der Waals surface area contributed by atoms with Crippen molar-refractivity contribution in [2.75, 3.05) is 45.1 Å². The standard InChI is InChI=1S/C28H29N5O5S/c1-37-24-8-5-12-29-23(24)19-32-14-16-33(17-15-32)28(34)21-10-11-22(25(18-21)38-2)31-39(35,36)26-9-3-6-20-7-4-13-30-27(20)26/h3-13,18,31H,14-17,19H2,1-2H3. The zero-order valence-electron chi connectivity index (χ0n) is 21.7. The monoisotopic (exact) mass is 547 g/mol. The van der Waals surface area contributed by atoms with E-state index in [-0.39, 0.29) is 22.2 Å². The van der Waals surface area contributed by atoms with Gasteiger partial charge in [-0.25, -0.2) is 8.42 Å². The Hall–Kier alpha value is -4.22. The van der Waals surface area contributed by atoms with Crippen molar-refractivity contribution < 1.29 is 22.7 Å². The summed E-state index contributed by atoms with van der Waals surface area (Å²) in [6, 6.07) is 17.0. The number of ether oxygens (including phenoxy) is 2. The number of anilines is 1. The second kappa shape index (κ2) is 11.3. The number of carbonyl (C=O) groups is 1. The van der Waals surface area contributed by atoms with E-state index in [9.17, 15) is 13.2 Å². The summed E-state index contributed by atoms with van der Waals surface area (Å²) in [5, 5.41) is 0.715. The van der Waals surface area contributed by atoms with Gasteiger partial charge in [-0.15, -0.1) is 0 Å². The summed E-state index contributed by atoms with van der Waals surface area (Å²) in [6.45, 7) is 3.14. The maximum atomic E-state index is 13.3. The van der Waals surface area contributed by atoms with Gasteiger partial charge in [-0.2, -0.15) is 0 Å². The minimum Gasteiger partial charge on any atom is -0.495 e. The molecule has 202 valence electrons. The molecule has 0 atom stereocenters. The lowest BCUT2D eigenvalue weighted by Crippen LogP contribution is -2.48. The Kier molecular flexibility index (Phi) is 7.62. The average Bonchev–Trinajstić information content (AvgIpc) is 2.97. The summed E-state index contributed by atoms with van der Waals surface area (Å²) in [5.41, 5.74) is 1.89. The lowest BCUT2D eigenvalue weighted by Gasteiger charge is -2.34. The molecule has 1 amide bonds. The number of sulfonamides is 1. The number of amides is 1. The molecule has 2 aromatic heterocycles. The quantitative estimate of drug-likeness (QED) is 0.357. The number of benzene rings is 2. The van der Waals surface area contributed by atoms with Gasteiger partial charge in [-0.05, 0) is 42.5 Å². The fraction of sp³-hybridized carbons (Fsp3) is 0.250. The Balaban J connectivity index is 1.28. The number of para-hydroxylation sites is 1. The molecule has 4 aromatic rings. The van der Waals surface area contributed by atoms with Crippen molar-refractivity contribution in [3.63, 3.8) is 0 Å². The van der Waals surface area contributed by atoms with Crippen LogP contribution in [-0.4, -0.2) is 74.5 Å². The van der Waals surface area contributed by atoms with Crippen molar-refractivity contribution in [2.45, 2.75) is 11.4 Å². The fourth-order valence-corrected chi connectivity index (χ4v) is 5.88. The predicted octanol–water partition coefficient (Wildman–Crippen LogP) is 3.41. The summed E-state index contributed by atoms with van der Waals surface area (Å²) in [5.74, 6) is 0.852. The topological polar surface area (TPSA) is 114 Å². The second-order valence-corrected chi connectivity index (χ2v) is 10.7. The summed E-state index contributed by atoms with van der Waals surface area (Å²) in [7, 11) is -0.907. The van der Waals surface area contributed by atoms with E-state index in [1.54, 1.807) is 66.9 Å². The van der Waals surface area contributed by atoms with Crippen LogP contribution in [0.2, 0.25) is 0 Å². The van der Waals surface area contributed by atoms with Gasteiger partial charge in [0.25, 0.3) is 15.9 Å². The number of hydrogen-bond donors (Lipinski definition) is 1. The first-order chi connectivity index (χ1) is 18.9. The Morgan fingerprint density at radius 1 is 0.897 bits per heavy atom. The van der Waals surface area contributed by atoms with E-state index in [0.717, 1.165) is 11.4 Å². The van der Waals surface area contributed by atoms with E-state index in [1.165, 1.54) is 13.2 Å². The van der Waals surface area contributed by atoms with Crippen LogP contribution in [0, 0.1) is 0 Å². The maximum Gasteiger partial charge on any atom is 0.264 e. The first kappa shape index (κ1) is 26.4. The third-order valence-electron chi connectivity index (χ3n) is 6.68. The molecule has 1 saturated heterocycles. The molecule has 1 fully saturated rings. The number of methoxy groups -OCH3 is 2. The Morgan fingerprint density at radius 2 is 1.62 bits per heavy atom. The van der Waals surface area contributed by atoms with Crippen molar-refractivity contribution in [1.29, 1.82) is 0 Å². The highest BCUT2D eigenvalue weighted by molar-refractivity contribution is 7.93. The predicted molar refractivity (Wildman–Crippen MR) is 148 cm³/mol. The second-order valence-electron chi connectivity index (χ2n) is 9.07. The lowest BCUT2D eigenvalue weighted by atomic mass is 10.1. The Labute approximate surface area is 227 Å². The molecule has 0 bridgehead atoms. The Morgan fingerprint density at radius 3 is 2.38 bits per heavy atom. The first-order valence-electron chi connectivity index (χ1n) is 12.4. The van der Waals surface area contributed by atoms with Gasteiger partial charge in [0.1, 0.15) is 16.4 Å². The van der Waals surface area contributed by atoms with Crippen molar-refractivity contribution in [3.8, 4) is 11.5 Å². The molecule has 0 saturated carbocycles. The van der Waals surface area contributed by atoms with Crippen molar-refractivity contribution in [1.82, 2.24) is 19.8 Å². The number of hydrogen-bond acceptors (Lipinski definition) is 8. The van der Waals surface area contributed by atoms with Crippen LogP contribution >= 0.6 is 0 Å². The highest BCUT2D eigenvalue weighted by atomic mass is 32.2. The molecular formula is C28H29N5O5S. The highest BCUT2D eigenvalue weighted by Crippen LogP contribution is 2.30. The van der Waals surface area contributed by atoms with Gasteiger partial charge in [-0.3, -0.25) is 24.4 Å². The molecule has 0 unspecified atom stereocenters. The van der Waals surface area contributed by atoms with E-state index in [2.05, 4.69) is 19.6 Å². The fourth-order valence-electron chi connectivity index (χ4n) is 4.63. The van der Waals surface area contributed by atoms with Crippen LogP contribution in [0.1, 0.15) is 16.1 Å². The molecule has 0 aliphatic carbocycles. The SMILES string of the molecule is COc1cc(C(=O)N2CCN(Cc3ncccc3OC)CC2)ccc1NS(=O)(=O)c1cccc2cccnc12. The summed E-state index contributed by atoms with van der Waals surface area (Å²) >= 11 is 0. The van der Waals surface area contributed by atoms with Crippen molar-refractivity contribution in [2.24, 2.45) is 0 Å². The van der Waals surface area contributed by atoms with Crippen LogP contribution in [0.5, 0.6) is 11.5 Å². The summed E-state index contributed by atoms with van der Waals surface area (Å²) in [4.78, 5) is 26.0. The van der Waals surface area contributed by atoms with Crippen LogP contribution in [0.15, 0.2) is 78.0 Å². The highest BCUT2D eigenvalue weighted by Gasteiger charge is 2.25. The summed E-state index contributed by atoms with van der Waals surface area (Å²) in [6.07, 6.45) is 3.30. The number of pyridine rings is 2. The summed E-state index contributed by atoms with van der Waals surface area (Å²) < 4.78 is 40.0. The molecule has 0 spiro atoms. The molecular weight excluding hydrogens is 518 g/mol. The minimum atomic E-state index is -3.97. The van der Waals surface area contributed by atoms with Crippen LogP contribution in [0.4, 0.5) is 5.69 Å². The van der Waals surface area contributed by atoms with Crippen LogP contribution < -0.4 is 14.2 Å². The smallest absolute Gasteiger partial charge is 0.264 e. The number of nitrogens with zero attached hydrogens (tertiary/aromatic N) is 4. The number of rotatable bonds is 8. The van der Waals surface area contributed by atoms with E-state index < -0.39 is 10.0 Å². The number of fused-ring (bicyclic) bond motifs is 1. The van der Waals surface area contributed by atoms with E-state index in [0.29, 0.717) is 49.2 Å². The van der Waals surface area contributed by atoms with Crippen LogP contribution in [0.3, 0.4) is 0 Å². The maximum absolute atomic E-state index is 13.3. The molecule has 5 rings (SSSR count). The van der Waals surface area contributed by atoms with E-state index >= 15 is 0 Å². The number of piperazine rings is 1. The normalized spacial score (nSPS) is 14.3. The van der Waals surface area contributed by atoms with Gasteiger partial charge in [0.15, 0.2) is 0 Å². The van der Waals surface area contributed by atoms with Crippen molar-refractivity contribution in [3.05, 3.63) is 84.3 Å². The minimum absolute atomic E-state index is 0.0593. The van der Waals surface area contributed by atoms with Gasteiger partial charge in [0.2, 0.25) is 0 Å². The number of aromatic nitrogens is 2. The number of carbonyl (C=O) groups excluding carboxylic acids is 1. The van der Waals surface area contributed by atoms with Gasteiger partial charge >= 0.3 is 0 Å². The molecule has 39 heavy (non-hydrogen) atoms. The molecule has 2 aromatic carbocycles. The molecule has 3 heterocycles. The molecule has 11 heteroatoms. The van der Waals surface area contributed by atoms with Crippen LogP contribution in [-0.2, 0) is 16.6 Å². The van der Waals surface area contributed by atoms with E-state index in [4.69, 9.17) is 9.47 Å². The largest absolute Gasteiger partial charge is 0.495 e. The van der Waals surface area contributed by atoms with Gasteiger partial charge in [0.05, 0.1) is 31.1 Å². The lowest BCUT2D eigenvalue weighted by molar-refractivity contribution is 0.0625. The zero-order valence-corrected chi connectivity index (χ0v) is 22.5. The van der Waals surface area contributed by atoms with Gasteiger partial charge < -0.3 is 14.4 Å². The molecule has 1 aliphatic heterocycles.